The number of halogens is 1. The smallest absolute Gasteiger partial charge is 0.268 e. The van der Waals surface area contributed by atoms with Crippen molar-refractivity contribution < 1.29 is 19.7 Å². The lowest BCUT2D eigenvalue weighted by molar-refractivity contribution is -0.0226. The number of carbonyl (C=O) groups excluding carboxylic acids is 1. The Kier molecular flexibility index (Phi) is 5.02. The molecule has 9 heteroatoms. The molecule has 6 N–H and O–H groups in total. The average molecular weight is 296 g/mol. The highest BCUT2D eigenvalue weighted by atomic mass is 35.5. The molecule has 2 heterocycles. The zero-order valence-corrected chi connectivity index (χ0v) is 10.9. The second kappa shape index (κ2) is 5.91. The third-order valence-corrected chi connectivity index (χ3v) is 3.55. The molecular weight excluding hydrogens is 282 g/mol. The molecule has 1 fully saturated rings. The number of amides is 1. The summed E-state index contributed by atoms with van der Waals surface area (Å²) in [6, 6.07) is -0.681. The van der Waals surface area contributed by atoms with Crippen molar-refractivity contribution in [2.24, 2.45) is 11.5 Å². The molecule has 1 aromatic rings. The number of hydrogen-bond acceptors (Lipinski definition) is 7. The quantitative estimate of drug-likeness (QED) is 0.553. The van der Waals surface area contributed by atoms with Crippen LogP contribution < -0.4 is 11.5 Å². The first-order valence-corrected chi connectivity index (χ1v) is 5.87. The molecule has 7 nitrogen and oxygen atoms in total. The number of rotatable bonds is 3. The Morgan fingerprint density at radius 2 is 2.28 bits per heavy atom. The number of aliphatic hydroxyl groups is 2. The maximum Gasteiger partial charge on any atom is 0.268 e. The van der Waals surface area contributed by atoms with Gasteiger partial charge in [0.05, 0.1) is 12.6 Å². The van der Waals surface area contributed by atoms with Gasteiger partial charge in [0, 0.05) is 5.38 Å². The Balaban J connectivity index is 0.00000162. The molecule has 1 aliphatic rings. The van der Waals surface area contributed by atoms with Crippen LogP contribution in [0.25, 0.3) is 0 Å². The fourth-order valence-corrected chi connectivity index (χ4v) is 2.59. The second-order valence-electron chi connectivity index (χ2n) is 3.78. The van der Waals surface area contributed by atoms with E-state index < -0.39 is 30.3 Å². The highest BCUT2D eigenvalue weighted by Crippen LogP contribution is 2.33. The van der Waals surface area contributed by atoms with Crippen LogP contribution in [0.1, 0.15) is 21.6 Å². The van der Waals surface area contributed by atoms with Crippen LogP contribution in [0.4, 0.5) is 0 Å². The number of aliphatic hydroxyl groups excluding tert-OH is 2. The van der Waals surface area contributed by atoms with Crippen LogP contribution in [0.3, 0.4) is 0 Å². The summed E-state index contributed by atoms with van der Waals surface area (Å²) in [5.74, 6) is -0.627. The van der Waals surface area contributed by atoms with E-state index in [9.17, 15) is 9.90 Å². The van der Waals surface area contributed by atoms with Gasteiger partial charge in [-0.1, -0.05) is 0 Å². The molecule has 0 bridgehead atoms. The summed E-state index contributed by atoms with van der Waals surface area (Å²) < 4.78 is 5.39. The largest absolute Gasteiger partial charge is 0.394 e. The molecule has 102 valence electrons. The van der Waals surface area contributed by atoms with Crippen LogP contribution in [0, 0.1) is 0 Å². The summed E-state index contributed by atoms with van der Waals surface area (Å²) in [5, 5.41) is 20.6. The molecule has 0 spiro atoms. The predicted molar refractivity (Wildman–Crippen MR) is 66.6 cm³/mol. The summed E-state index contributed by atoms with van der Waals surface area (Å²) in [6.07, 6.45) is -2.30. The highest BCUT2D eigenvalue weighted by Gasteiger charge is 2.43. The van der Waals surface area contributed by atoms with E-state index in [4.69, 9.17) is 21.3 Å². The Hall–Kier alpha value is -0.770. The lowest BCUT2D eigenvalue weighted by Gasteiger charge is -2.12. The van der Waals surface area contributed by atoms with E-state index in [2.05, 4.69) is 4.98 Å². The first kappa shape index (κ1) is 15.3. The molecule has 1 amide bonds. The molecule has 0 saturated carbocycles. The molecule has 0 radical (unpaired) electrons. The second-order valence-corrected chi connectivity index (χ2v) is 4.67. The number of thiazole rings is 1. The number of aromatic nitrogens is 1. The van der Waals surface area contributed by atoms with Crippen LogP contribution in [0.15, 0.2) is 5.38 Å². The van der Waals surface area contributed by atoms with Gasteiger partial charge in [0.25, 0.3) is 5.91 Å². The molecule has 1 aromatic heterocycles. The van der Waals surface area contributed by atoms with Gasteiger partial charge in [-0.15, -0.1) is 23.7 Å². The zero-order valence-electron chi connectivity index (χ0n) is 9.22. The van der Waals surface area contributed by atoms with E-state index in [0.29, 0.717) is 5.01 Å². The van der Waals surface area contributed by atoms with Gasteiger partial charge < -0.3 is 26.4 Å². The fourth-order valence-electron chi connectivity index (χ4n) is 1.69. The van der Waals surface area contributed by atoms with Gasteiger partial charge in [0.1, 0.15) is 29.0 Å². The van der Waals surface area contributed by atoms with Gasteiger partial charge in [-0.3, -0.25) is 4.79 Å². The molecule has 0 aliphatic carbocycles. The van der Waals surface area contributed by atoms with Crippen LogP contribution in [-0.4, -0.2) is 46.0 Å². The monoisotopic (exact) mass is 295 g/mol. The van der Waals surface area contributed by atoms with Crippen molar-refractivity contribution in [1.82, 2.24) is 4.98 Å². The SMILES string of the molecule is Cl.NC(=O)c1csc([C@@H]2O[C@H](CO)[C@@H](O)[C@H]2N)n1. The van der Waals surface area contributed by atoms with Crippen molar-refractivity contribution >= 4 is 29.7 Å². The van der Waals surface area contributed by atoms with E-state index in [0.717, 1.165) is 0 Å². The van der Waals surface area contributed by atoms with Crippen LogP contribution >= 0.6 is 23.7 Å². The lowest BCUT2D eigenvalue weighted by Crippen LogP contribution is -2.38. The first-order valence-electron chi connectivity index (χ1n) is 4.99. The van der Waals surface area contributed by atoms with Gasteiger partial charge in [0.15, 0.2) is 0 Å². The van der Waals surface area contributed by atoms with Crippen molar-refractivity contribution in [1.29, 1.82) is 0 Å². The minimum atomic E-state index is -0.953. The van der Waals surface area contributed by atoms with Crippen molar-refractivity contribution in [2.75, 3.05) is 6.61 Å². The zero-order chi connectivity index (χ0) is 12.6. The summed E-state index contributed by atoms with van der Waals surface area (Å²) in [6.45, 7) is -0.320. The summed E-state index contributed by atoms with van der Waals surface area (Å²) in [4.78, 5) is 14.9. The molecule has 18 heavy (non-hydrogen) atoms. The number of hydrogen-bond donors (Lipinski definition) is 4. The van der Waals surface area contributed by atoms with Gasteiger partial charge in [-0.05, 0) is 0 Å². The third kappa shape index (κ3) is 2.63. The Bertz CT molecular complexity index is 430. The third-order valence-electron chi connectivity index (χ3n) is 2.64. The fraction of sp³-hybridized carbons (Fsp3) is 0.556. The minimum Gasteiger partial charge on any atom is -0.394 e. The van der Waals surface area contributed by atoms with Gasteiger partial charge >= 0.3 is 0 Å². The number of carbonyl (C=O) groups is 1. The summed E-state index contributed by atoms with van der Waals surface area (Å²) >= 11 is 1.18. The van der Waals surface area contributed by atoms with Gasteiger partial charge in [-0.2, -0.15) is 0 Å². The Morgan fingerprint density at radius 1 is 1.61 bits per heavy atom. The van der Waals surface area contributed by atoms with Crippen molar-refractivity contribution in [2.45, 2.75) is 24.4 Å². The summed E-state index contributed by atoms with van der Waals surface area (Å²) in [5.41, 5.74) is 11.0. The van der Waals surface area contributed by atoms with Gasteiger partial charge in [0.2, 0.25) is 0 Å². The number of nitrogens with zero attached hydrogens (tertiary/aromatic N) is 1. The molecule has 4 atom stereocenters. The standard InChI is InChI=1S/C9H13N3O4S.ClH/c10-5-6(14)4(1-13)16-7(5)9-12-3(2-17-9)8(11)15;/h2,4-7,13-14H,1,10H2,(H2,11,15);1H/t4-,5-,6-,7-;/m1./s1. The molecule has 1 saturated heterocycles. The van der Waals surface area contributed by atoms with Crippen molar-refractivity contribution in [3.63, 3.8) is 0 Å². The van der Waals surface area contributed by atoms with Crippen molar-refractivity contribution in [3.8, 4) is 0 Å². The van der Waals surface area contributed by atoms with Crippen LogP contribution in [0.2, 0.25) is 0 Å². The lowest BCUT2D eigenvalue weighted by atomic mass is 10.1. The maximum absolute atomic E-state index is 10.9. The molecule has 0 aromatic carbocycles. The van der Waals surface area contributed by atoms with E-state index in [1.807, 2.05) is 0 Å². The highest BCUT2D eigenvalue weighted by molar-refractivity contribution is 7.09. The Labute approximate surface area is 113 Å². The van der Waals surface area contributed by atoms with Crippen molar-refractivity contribution in [3.05, 3.63) is 16.1 Å². The molecule has 1 aliphatic heterocycles. The normalized spacial score (nSPS) is 31.1. The van der Waals surface area contributed by atoms with Crippen LogP contribution in [-0.2, 0) is 4.74 Å². The molecule has 2 rings (SSSR count). The topological polar surface area (TPSA) is 132 Å². The molecular formula is C9H14ClN3O4S. The van der Waals surface area contributed by atoms with Gasteiger partial charge in [-0.25, -0.2) is 4.98 Å². The van der Waals surface area contributed by atoms with E-state index in [1.54, 1.807) is 0 Å². The van der Waals surface area contributed by atoms with Crippen LogP contribution in [0.5, 0.6) is 0 Å². The number of primary amides is 1. The number of nitrogens with two attached hydrogens (primary N) is 2. The number of ether oxygens (including phenoxy) is 1. The van der Waals surface area contributed by atoms with E-state index >= 15 is 0 Å². The average Bonchev–Trinajstić information content (AvgIpc) is 2.87. The molecule has 0 unspecified atom stereocenters. The first-order chi connectivity index (χ1) is 8.04. The minimum absolute atomic E-state index is 0. The predicted octanol–water partition coefficient (Wildman–Crippen LogP) is -1.22. The van der Waals surface area contributed by atoms with E-state index in [1.165, 1.54) is 16.7 Å². The maximum atomic E-state index is 10.9. The van der Waals surface area contributed by atoms with E-state index in [-0.39, 0.29) is 24.7 Å². The summed E-state index contributed by atoms with van der Waals surface area (Å²) in [7, 11) is 0. The Morgan fingerprint density at radius 3 is 2.72 bits per heavy atom.